The first kappa shape index (κ1) is 12.5. The van der Waals surface area contributed by atoms with Gasteiger partial charge in [0, 0.05) is 19.3 Å². The number of para-hydroxylation sites is 1. The third kappa shape index (κ3) is 2.65. The summed E-state index contributed by atoms with van der Waals surface area (Å²) < 4.78 is 0. The van der Waals surface area contributed by atoms with Crippen LogP contribution in [0.5, 0.6) is 5.75 Å². The lowest BCUT2D eigenvalue weighted by Crippen LogP contribution is -2.16. The standard InChI is InChI=1S/C16H19NO/c1-12-9-14(10-13(2)16(12)18)11-17(3)15-7-5-4-6-8-15/h4-10,18H,11H2,1-3H3. The number of aryl methyl sites for hydroxylation is 2. The monoisotopic (exact) mass is 241 g/mol. The zero-order valence-corrected chi connectivity index (χ0v) is 11.1. The van der Waals surface area contributed by atoms with E-state index >= 15 is 0 Å². The van der Waals surface area contributed by atoms with Gasteiger partial charge in [-0.1, -0.05) is 30.3 Å². The van der Waals surface area contributed by atoms with Gasteiger partial charge in [-0.3, -0.25) is 0 Å². The molecule has 0 amide bonds. The number of benzene rings is 2. The van der Waals surface area contributed by atoms with E-state index in [1.54, 1.807) is 0 Å². The first-order valence-electron chi connectivity index (χ1n) is 6.13. The Hall–Kier alpha value is -1.96. The molecule has 2 aromatic rings. The quantitative estimate of drug-likeness (QED) is 0.886. The minimum atomic E-state index is 0.404. The maximum absolute atomic E-state index is 9.77. The van der Waals surface area contributed by atoms with Crippen molar-refractivity contribution in [2.75, 3.05) is 11.9 Å². The number of nitrogens with zero attached hydrogens (tertiary/aromatic N) is 1. The highest BCUT2D eigenvalue weighted by atomic mass is 16.3. The predicted octanol–water partition coefficient (Wildman–Crippen LogP) is 3.65. The van der Waals surface area contributed by atoms with Crippen LogP contribution in [0, 0.1) is 13.8 Å². The number of phenolic OH excluding ortho intramolecular Hbond substituents is 1. The van der Waals surface area contributed by atoms with E-state index in [1.807, 2.05) is 44.2 Å². The fourth-order valence-corrected chi connectivity index (χ4v) is 2.18. The topological polar surface area (TPSA) is 23.5 Å². The zero-order valence-electron chi connectivity index (χ0n) is 11.1. The molecule has 0 aliphatic rings. The first-order chi connectivity index (χ1) is 8.58. The van der Waals surface area contributed by atoms with E-state index in [2.05, 4.69) is 24.1 Å². The average Bonchev–Trinajstić information content (AvgIpc) is 2.37. The molecule has 0 atom stereocenters. The largest absolute Gasteiger partial charge is 0.507 e. The number of rotatable bonds is 3. The molecule has 0 unspecified atom stereocenters. The Bertz CT molecular complexity index is 511. The highest BCUT2D eigenvalue weighted by Gasteiger charge is 2.06. The van der Waals surface area contributed by atoms with Crippen LogP contribution in [0.3, 0.4) is 0 Å². The second kappa shape index (κ2) is 5.13. The molecule has 2 nitrogen and oxygen atoms in total. The summed E-state index contributed by atoms with van der Waals surface area (Å²) in [5.41, 5.74) is 4.29. The highest BCUT2D eigenvalue weighted by Crippen LogP contribution is 2.24. The van der Waals surface area contributed by atoms with Gasteiger partial charge in [-0.2, -0.15) is 0 Å². The van der Waals surface area contributed by atoms with Crippen molar-refractivity contribution in [3.63, 3.8) is 0 Å². The van der Waals surface area contributed by atoms with E-state index in [0.717, 1.165) is 17.7 Å². The van der Waals surface area contributed by atoms with Crippen molar-refractivity contribution in [3.8, 4) is 5.75 Å². The van der Waals surface area contributed by atoms with Gasteiger partial charge in [-0.05, 0) is 42.7 Å². The number of hydrogen-bond donors (Lipinski definition) is 1. The predicted molar refractivity (Wildman–Crippen MR) is 76.1 cm³/mol. The normalized spacial score (nSPS) is 10.4. The van der Waals surface area contributed by atoms with Gasteiger partial charge in [0.2, 0.25) is 0 Å². The molecule has 0 aliphatic carbocycles. The molecule has 0 radical (unpaired) electrons. The van der Waals surface area contributed by atoms with Gasteiger partial charge in [-0.15, -0.1) is 0 Å². The fourth-order valence-electron chi connectivity index (χ4n) is 2.18. The molecule has 0 heterocycles. The molecule has 1 N–H and O–H groups in total. The van der Waals surface area contributed by atoms with Crippen LogP contribution in [0.4, 0.5) is 5.69 Å². The maximum atomic E-state index is 9.77. The number of anilines is 1. The highest BCUT2D eigenvalue weighted by molar-refractivity contribution is 5.48. The van der Waals surface area contributed by atoms with Crippen molar-refractivity contribution in [1.29, 1.82) is 0 Å². The molecule has 0 bridgehead atoms. The van der Waals surface area contributed by atoms with Gasteiger partial charge >= 0.3 is 0 Å². The van der Waals surface area contributed by atoms with Crippen LogP contribution in [0.25, 0.3) is 0 Å². The lowest BCUT2D eigenvalue weighted by Gasteiger charge is -2.20. The molecule has 0 aromatic heterocycles. The van der Waals surface area contributed by atoms with Gasteiger partial charge in [0.05, 0.1) is 0 Å². The van der Waals surface area contributed by atoms with Crippen LogP contribution in [-0.4, -0.2) is 12.2 Å². The van der Waals surface area contributed by atoms with Gasteiger partial charge in [0.15, 0.2) is 0 Å². The zero-order chi connectivity index (χ0) is 13.1. The van der Waals surface area contributed by atoms with E-state index in [-0.39, 0.29) is 0 Å². The molecule has 0 saturated carbocycles. The van der Waals surface area contributed by atoms with Crippen molar-refractivity contribution in [3.05, 3.63) is 59.2 Å². The third-order valence-electron chi connectivity index (χ3n) is 3.17. The Morgan fingerprint density at radius 3 is 2.11 bits per heavy atom. The van der Waals surface area contributed by atoms with E-state index in [4.69, 9.17) is 0 Å². The third-order valence-corrected chi connectivity index (χ3v) is 3.17. The summed E-state index contributed by atoms with van der Waals surface area (Å²) in [6.07, 6.45) is 0. The molecule has 2 aromatic carbocycles. The van der Waals surface area contributed by atoms with E-state index < -0.39 is 0 Å². The summed E-state index contributed by atoms with van der Waals surface area (Å²) in [4.78, 5) is 2.20. The first-order valence-corrected chi connectivity index (χ1v) is 6.13. The Labute approximate surface area is 109 Å². The van der Waals surface area contributed by atoms with Crippen molar-refractivity contribution < 1.29 is 5.11 Å². The molecule has 2 heteroatoms. The molecular formula is C16H19NO. The lowest BCUT2D eigenvalue weighted by atomic mass is 10.1. The Kier molecular flexibility index (Phi) is 3.56. The van der Waals surface area contributed by atoms with E-state index in [0.29, 0.717) is 5.75 Å². The smallest absolute Gasteiger partial charge is 0.121 e. The van der Waals surface area contributed by atoms with Crippen LogP contribution in [-0.2, 0) is 6.54 Å². The number of hydrogen-bond acceptors (Lipinski definition) is 2. The molecular weight excluding hydrogens is 222 g/mol. The fraction of sp³-hybridized carbons (Fsp3) is 0.250. The van der Waals surface area contributed by atoms with E-state index in [1.165, 1.54) is 11.3 Å². The van der Waals surface area contributed by atoms with Crippen LogP contribution < -0.4 is 4.90 Å². The summed E-state index contributed by atoms with van der Waals surface area (Å²) in [5.74, 6) is 0.404. The van der Waals surface area contributed by atoms with Crippen LogP contribution >= 0.6 is 0 Å². The van der Waals surface area contributed by atoms with Crippen molar-refractivity contribution in [2.24, 2.45) is 0 Å². The van der Waals surface area contributed by atoms with Crippen LogP contribution in [0.1, 0.15) is 16.7 Å². The van der Waals surface area contributed by atoms with Crippen molar-refractivity contribution in [1.82, 2.24) is 0 Å². The van der Waals surface area contributed by atoms with Gasteiger partial charge in [0.1, 0.15) is 5.75 Å². The Morgan fingerprint density at radius 2 is 1.56 bits per heavy atom. The van der Waals surface area contributed by atoms with Crippen LogP contribution in [0.2, 0.25) is 0 Å². The SMILES string of the molecule is Cc1cc(CN(C)c2ccccc2)cc(C)c1O. The summed E-state index contributed by atoms with van der Waals surface area (Å²) in [5, 5.41) is 9.77. The lowest BCUT2D eigenvalue weighted by molar-refractivity contribution is 0.466. The minimum absolute atomic E-state index is 0.404. The molecule has 0 aliphatic heterocycles. The molecule has 2 rings (SSSR count). The second-order valence-electron chi connectivity index (χ2n) is 4.77. The van der Waals surface area contributed by atoms with Gasteiger partial charge in [-0.25, -0.2) is 0 Å². The molecule has 18 heavy (non-hydrogen) atoms. The van der Waals surface area contributed by atoms with Gasteiger partial charge in [0.25, 0.3) is 0 Å². The summed E-state index contributed by atoms with van der Waals surface area (Å²) >= 11 is 0. The van der Waals surface area contributed by atoms with Crippen molar-refractivity contribution in [2.45, 2.75) is 20.4 Å². The summed E-state index contributed by atoms with van der Waals surface area (Å²) in [6.45, 7) is 4.72. The summed E-state index contributed by atoms with van der Waals surface area (Å²) in [6, 6.07) is 14.4. The molecule has 94 valence electrons. The molecule has 0 spiro atoms. The number of aromatic hydroxyl groups is 1. The average molecular weight is 241 g/mol. The molecule has 0 saturated heterocycles. The van der Waals surface area contributed by atoms with Crippen molar-refractivity contribution >= 4 is 5.69 Å². The Morgan fingerprint density at radius 1 is 1.00 bits per heavy atom. The number of phenols is 1. The molecule has 0 fully saturated rings. The van der Waals surface area contributed by atoms with E-state index in [9.17, 15) is 5.11 Å². The Balaban J connectivity index is 2.20. The summed E-state index contributed by atoms with van der Waals surface area (Å²) in [7, 11) is 2.08. The minimum Gasteiger partial charge on any atom is -0.507 e. The van der Waals surface area contributed by atoms with Gasteiger partial charge < -0.3 is 10.0 Å². The second-order valence-corrected chi connectivity index (χ2v) is 4.77. The van der Waals surface area contributed by atoms with Crippen LogP contribution in [0.15, 0.2) is 42.5 Å². The maximum Gasteiger partial charge on any atom is 0.121 e.